The van der Waals surface area contributed by atoms with Crippen molar-refractivity contribution in [2.75, 3.05) is 12.3 Å². The highest BCUT2D eigenvalue weighted by atomic mass is 32.2. The molecule has 0 aliphatic rings. The van der Waals surface area contributed by atoms with E-state index < -0.39 is 6.10 Å². The predicted octanol–water partition coefficient (Wildman–Crippen LogP) is 0.698. The average molecular weight is 359 g/mol. The van der Waals surface area contributed by atoms with Gasteiger partial charge in [0.1, 0.15) is 5.39 Å². The van der Waals surface area contributed by atoms with E-state index in [1.807, 2.05) is 18.2 Å². The molecule has 0 spiro atoms. The van der Waals surface area contributed by atoms with Crippen molar-refractivity contribution < 1.29 is 9.90 Å². The first-order valence-electron chi connectivity index (χ1n) is 7.65. The number of aromatic amines is 1. The highest BCUT2D eigenvalue weighted by molar-refractivity contribution is 7.99. The molecule has 3 rings (SSSR count). The molecule has 0 radical (unpaired) electrons. The smallest absolute Gasteiger partial charge is 0.269 e. The molecule has 25 heavy (non-hydrogen) atoms. The van der Waals surface area contributed by atoms with Crippen molar-refractivity contribution in [2.45, 2.75) is 18.2 Å². The number of carbonyl (C=O) groups excluding carboxylic acids is 1. The van der Waals surface area contributed by atoms with Gasteiger partial charge in [-0.15, -0.1) is 0 Å². The number of nitrogens with one attached hydrogen (secondary N) is 2. The lowest BCUT2D eigenvalue weighted by Gasteiger charge is -2.12. The Hall–Kier alpha value is -2.65. The van der Waals surface area contributed by atoms with Crippen molar-refractivity contribution >= 4 is 28.7 Å². The molecule has 1 aromatic carbocycles. The SMILES string of the molecule is C[C@@H](O)CNC(=O)CSc1nc2[nH]ncc2c(=O)n1-c1ccccc1. The Morgan fingerprint density at radius 1 is 1.40 bits per heavy atom. The summed E-state index contributed by atoms with van der Waals surface area (Å²) in [6.45, 7) is 1.77. The zero-order valence-corrected chi connectivity index (χ0v) is 14.3. The number of fused-ring (bicyclic) bond motifs is 1. The molecular formula is C16H17N5O3S. The highest BCUT2D eigenvalue weighted by Gasteiger charge is 2.15. The van der Waals surface area contributed by atoms with Crippen LogP contribution in [-0.2, 0) is 4.79 Å². The maximum atomic E-state index is 12.8. The van der Waals surface area contributed by atoms with Gasteiger partial charge in [-0.2, -0.15) is 5.10 Å². The Morgan fingerprint density at radius 2 is 2.16 bits per heavy atom. The first-order chi connectivity index (χ1) is 12.1. The van der Waals surface area contributed by atoms with Crippen molar-refractivity contribution in [1.29, 1.82) is 0 Å². The van der Waals surface area contributed by atoms with Crippen LogP contribution in [0.25, 0.3) is 16.7 Å². The van der Waals surface area contributed by atoms with Crippen LogP contribution < -0.4 is 10.9 Å². The standard InChI is InChI=1S/C16H17N5O3S/c1-10(22)7-17-13(23)9-25-16-19-14-12(8-18-20-14)15(24)21(16)11-5-3-2-4-6-11/h2-6,8,10,22H,7,9H2,1H3,(H,17,23)(H,18,20)/t10-/m1/s1. The minimum atomic E-state index is -0.615. The number of aliphatic hydroxyl groups excluding tert-OH is 1. The van der Waals surface area contributed by atoms with Gasteiger partial charge in [0.2, 0.25) is 5.91 Å². The first kappa shape index (κ1) is 17.2. The van der Waals surface area contributed by atoms with Crippen molar-refractivity contribution in [2.24, 2.45) is 0 Å². The summed E-state index contributed by atoms with van der Waals surface area (Å²) in [6.07, 6.45) is 0.823. The van der Waals surface area contributed by atoms with E-state index in [0.29, 0.717) is 21.9 Å². The maximum Gasteiger partial charge on any atom is 0.269 e. The number of H-pyrrole nitrogens is 1. The van der Waals surface area contributed by atoms with E-state index in [9.17, 15) is 14.7 Å². The molecule has 3 N–H and O–H groups in total. The maximum absolute atomic E-state index is 12.8. The molecule has 2 aromatic heterocycles. The van der Waals surface area contributed by atoms with Crippen LogP contribution in [0.4, 0.5) is 0 Å². The molecule has 1 amide bonds. The third kappa shape index (κ3) is 3.89. The molecule has 0 saturated heterocycles. The molecule has 0 aliphatic heterocycles. The number of hydrogen-bond donors (Lipinski definition) is 3. The first-order valence-corrected chi connectivity index (χ1v) is 8.64. The van der Waals surface area contributed by atoms with E-state index in [2.05, 4.69) is 20.5 Å². The number of amides is 1. The van der Waals surface area contributed by atoms with Gasteiger partial charge in [-0.3, -0.25) is 19.3 Å². The molecular weight excluding hydrogens is 342 g/mol. The van der Waals surface area contributed by atoms with Gasteiger partial charge in [0.05, 0.1) is 23.7 Å². The van der Waals surface area contributed by atoms with Gasteiger partial charge >= 0.3 is 0 Å². The van der Waals surface area contributed by atoms with Gasteiger partial charge in [0.25, 0.3) is 5.56 Å². The van der Waals surface area contributed by atoms with Gasteiger partial charge in [-0.05, 0) is 19.1 Å². The van der Waals surface area contributed by atoms with E-state index >= 15 is 0 Å². The Balaban J connectivity index is 1.93. The number of aromatic nitrogens is 4. The largest absolute Gasteiger partial charge is 0.392 e. The second-order valence-corrected chi connectivity index (χ2v) is 6.39. The van der Waals surface area contributed by atoms with Gasteiger partial charge in [-0.1, -0.05) is 30.0 Å². The fourth-order valence-corrected chi connectivity index (χ4v) is 3.05. The lowest BCUT2D eigenvalue weighted by Crippen LogP contribution is -2.32. The summed E-state index contributed by atoms with van der Waals surface area (Å²) in [4.78, 5) is 29.1. The zero-order valence-electron chi connectivity index (χ0n) is 13.5. The molecule has 0 fully saturated rings. The van der Waals surface area contributed by atoms with Crippen LogP contribution in [-0.4, -0.2) is 49.2 Å². The van der Waals surface area contributed by atoms with Crippen molar-refractivity contribution in [3.63, 3.8) is 0 Å². The van der Waals surface area contributed by atoms with E-state index in [-0.39, 0.29) is 23.8 Å². The summed E-state index contributed by atoms with van der Waals surface area (Å²) >= 11 is 1.14. The van der Waals surface area contributed by atoms with Crippen LogP contribution in [0.15, 0.2) is 46.5 Å². The van der Waals surface area contributed by atoms with Crippen LogP contribution in [0.1, 0.15) is 6.92 Å². The number of nitrogens with zero attached hydrogens (tertiary/aromatic N) is 3. The van der Waals surface area contributed by atoms with Crippen LogP contribution >= 0.6 is 11.8 Å². The molecule has 2 heterocycles. The molecule has 8 nitrogen and oxygen atoms in total. The van der Waals surface area contributed by atoms with Crippen molar-refractivity contribution in [3.8, 4) is 5.69 Å². The minimum Gasteiger partial charge on any atom is -0.392 e. The molecule has 3 aromatic rings. The summed E-state index contributed by atoms with van der Waals surface area (Å²) in [5, 5.41) is 19.2. The highest BCUT2D eigenvalue weighted by Crippen LogP contribution is 2.20. The normalized spacial score (nSPS) is 12.2. The summed E-state index contributed by atoms with van der Waals surface area (Å²) in [5.41, 5.74) is 0.788. The van der Waals surface area contributed by atoms with E-state index in [4.69, 9.17) is 0 Å². The van der Waals surface area contributed by atoms with Gasteiger partial charge in [0.15, 0.2) is 10.8 Å². The summed E-state index contributed by atoms with van der Waals surface area (Å²) in [6, 6.07) is 9.10. The van der Waals surface area contributed by atoms with Crippen LogP contribution in [0.2, 0.25) is 0 Å². The molecule has 0 unspecified atom stereocenters. The van der Waals surface area contributed by atoms with Gasteiger partial charge in [0, 0.05) is 6.54 Å². The number of para-hydroxylation sites is 1. The van der Waals surface area contributed by atoms with Crippen LogP contribution in [0, 0.1) is 0 Å². The average Bonchev–Trinajstić information content (AvgIpc) is 3.08. The Bertz CT molecular complexity index is 936. The quantitative estimate of drug-likeness (QED) is 0.441. The van der Waals surface area contributed by atoms with Crippen LogP contribution in [0.5, 0.6) is 0 Å². The van der Waals surface area contributed by atoms with Crippen molar-refractivity contribution in [1.82, 2.24) is 25.1 Å². The van der Waals surface area contributed by atoms with Gasteiger partial charge in [-0.25, -0.2) is 4.98 Å². The second-order valence-electron chi connectivity index (χ2n) is 5.44. The second kappa shape index (κ2) is 7.49. The molecule has 130 valence electrons. The number of thioether (sulfide) groups is 1. The molecule has 1 atom stereocenters. The predicted molar refractivity (Wildman–Crippen MR) is 94.9 cm³/mol. The fraction of sp³-hybridized carbons (Fsp3) is 0.250. The molecule has 0 saturated carbocycles. The number of rotatable bonds is 6. The Labute approximate surface area is 147 Å². The lowest BCUT2D eigenvalue weighted by atomic mass is 10.3. The number of hydrogen-bond acceptors (Lipinski definition) is 6. The Morgan fingerprint density at radius 3 is 2.88 bits per heavy atom. The van der Waals surface area contributed by atoms with E-state index in [1.54, 1.807) is 19.1 Å². The third-order valence-electron chi connectivity index (χ3n) is 3.39. The lowest BCUT2D eigenvalue weighted by molar-refractivity contribution is -0.118. The molecule has 0 aliphatic carbocycles. The van der Waals surface area contributed by atoms with E-state index in [1.165, 1.54) is 10.8 Å². The Kier molecular flexibility index (Phi) is 5.15. The fourth-order valence-electron chi connectivity index (χ4n) is 2.22. The molecule has 9 heteroatoms. The third-order valence-corrected chi connectivity index (χ3v) is 4.33. The number of benzene rings is 1. The topological polar surface area (TPSA) is 113 Å². The summed E-state index contributed by atoms with van der Waals surface area (Å²) in [7, 11) is 0. The van der Waals surface area contributed by atoms with Gasteiger partial charge < -0.3 is 10.4 Å². The van der Waals surface area contributed by atoms with E-state index in [0.717, 1.165) is 11.8 Å². The van der Waals surface area contributed by atoms with Crippen molar-refractivity contribution in [3.05, 3.63) is 46.9 Å². The summed E-state index contributed by atoms with van der Waals surface area (Å²) < 4.78 is 1.46. The van der Waals surface area contributed by atoms with Crippen LogP contribution in [0.3, 0.4) is 0 Å². The minimum absolute atomic E-state index is 0.0750. The summed E-state index contributed by atoms with van der Waals surface area (Å²) in [5.74, 6) is -0.171. The number of carbonyl (C=O) groups is 1. The molecule has 0 bridgehead atoms. The number of aliphatic hydroxyl groups is 1. The zero-order chi connectivity index (χ0) is 17.8. The monoisotopic (exact) mass is 359 g/mol.